The number of pyridine rings is 1. The fraction of sp³-hybridized carbons (Fsp3) is 0.208. The van der Waals surface area contributed by atoms with Crippen molar-refractivity contribution < 1.29 is 30.4 Å². The average Bonchev–Trinajstić information content (AvgIpc) is 3.78. The first-order valence-corrected chi connectivity index (χ1v) is 18.4. The second-order valence-electron chi connectivity index (χ2n) is 15.4. The number of rotatable bonds is 8. The van der Waals surface area contributed by atoms with E-state index in [0.717, 1.165) is 39.0 Å². The molecule has 0 unspecified atom stereocenters. The molecule has 8 rings (SSSR count). The summed E-state index contributed by atoms with van der Waals surface area (Å²) in [6, 6.07) is 45.2. The standard InChI is InChI=1S/C48H44N4O.Pt/c1-32(2)40-15-11-16-41(33(3)4)47(40)34-18-20-36(21-19-34)50-26-27-51(31-50)37-12-10-13-38(29-37)53-39-22-23-43-42-14-8-9-17-44(42)52(45(43)30-39)46-28-35(24-25-49-46)48(5,6)7;/h8-28,32-33H,1-7H3;/q-2;. The minimum atomic E-state index is -0.00579. The van der Waals surface area contributed by atoms with Gasteiger partial charge >= 0.3 is 0 Å². The molecular formula is C48H44N4OPt-2. The molecule has 0 atom stereocenters. The van der Waals surface area contributed by atoms with Gasteiger partial charge < -0.3 is 13.9 Å². The van der Waals surface area contributed by atoms with Crippen LogP contribution in [-0.2, 0) is 26.5 Å². The molecule has 0 saturated carbocycles. The summed E-state index contributed by atoms with van der Waals surface area (Å²) in [5.41, 5.74) is 10.4. The molecule has 0 radical (unpaired) electrons. The molecule has 3 aromatic heterocycles. The van der Waals surface area contributed by atoms with Gasteiger partial charge in [0, 0.05) is 56.7 Å². The van der Waals surface area contributed by atoms with Crippen LogP contribution in [0, 0.1) is 18.5 Å². The summed E-state index contributed by atoms with van der Waals surface area (Å²) in [6.07, 6.45) is 9.36. The molecule has 0 amide bonds. The molecular weight excluding hydrogens is 844 g/mol. The van der Waals surface area contributed by atoms with Gasteiger partial charge in [0.1, 0.15) is 5.82 Å². The molecule has 0 fully saturated rings. The van der Waals surface area contributed by atoms with Gasteiger partial charge in [0.15, 0.2) is 0 Å². The van der Waals surface area contributed by atoms with E-state index in [2.05, 4.69) is 156 Å². The fourth-order valence-corrected chi connectivity index (χ4v) is 7.20. The topological polar surface area (TPSA) is 35.9 Å². The Balaban J connectivity index is 0.00000450. The second-order valence-corrected chi connectivity index (χ2v) is 15.4. The summed E-state index contributed by atoms with van der Waals surface area (Å²) in [4.78, 5) is 4.80. The molecule has 6 heteroatoms. The van der Waals surface area contributed by atoms with Crippen molar-refractivity contribution in [3.8, 4) is 39.8 Å². The van der Waals surface area contributed by atoms with Crippen LogP contribution in [0.3, 0.4) is 0 Å². The number of hydrogen-bond acceptors (Lipinski definition) is 2. The normalized spacial score (nSPS) is 11.8. The van der Waals surface area contributed by atoms with Gasteiger partial charge in [-0.25, -0.2) is 4.98 Å². The van der Waals surface area contributed by atoms with Crippen LogP contribution in [0.4, 0.5) is 0 Å². The van der Waals surface area contributed by atoms with Gasteiger partial charge in [-0.15, -0.1) is 29.7 Å². The third kappa shape index (κ3) is 7.06. The van der Waals surface area contributed by atoms with E-state index in [-0.39, 0.29) is 26.5 Å². The van der Waals surface area contributed by atoms with Crippen LogP contribution in [-0.4, -0.2) is 14.1 Å². The van der Waals surface area contributed by atoms with Gasteiger partial charge in [0.25, 0.3) is 6.33 Å². The molecule has 3 heterocycles. The molecule has 0 bridgehead atoms. The molecule has 54 heavy (non-hydrogen) atoms. The molecule has 0 spiro atoms. The van der Waals surface area contributed by atoms with Gasteiger partial charge in [-0.05, 0) is 86.5 Å². The minimum Gasteiger partial charge on any atom is -0.510 e. The average molecular weight is 888 g/mol. The van der Waals surface area contributed by atoms with Gasteiger partial charge in [-0.2, -0.15) is 18.2 Å². The Labute approximate surface area is 333 Å². The van der Waals surface area contributed by atoms with Crippen molar-refractivity contribution in [1.29, 1.82) is 0 Å². The van der Waals surface area contributed by atoms with Crippen molar-refractivity contribution in [2.24, 2.45) is 0 Å². The number of fused-ring (bicyclic) bond motifs is 3. The summed E-state index contributed by atoms with van der Waals surface area (Å²) < 4.78 is 12.6. The molecule has 5 aromatic carbocycles. The summed E-state index contributed by atoms with van der Waals surface area (Å²) in [7, 11) is 0. The van der Waals surface area contributed by atoms with E-state index in [1.54, 1.807) is 0 Å². The van der Waals surface area contributed by atoms with Crippen molar-refractivity contribution in [1.82, 2.24) is 14.1 Å². The van der Waals surface area contributed by atoms with Crippen LogP contribution in [0.1, 0.15) is 77.0 Å². The van der Waals surface area contributed by atoms with E-state index in [9.17, 15) is 0 Å². The van der Waals surface area contributed by atoms with Gasteiger partial charge in [-0.3, -0.25) is 4.57 Å². The zero-order chi connectivity index (χ0) is 36.9. The molecule has 0 aliphatic rings. The molecule has 274 valence electrons. The van der Waals surface area contributed by atoms with Gasteiger partial charge in [0.05, 0.1) is 5.69 Å². The minimum absolute atomic E-state index is 0. The first-order valence-electron chi connectivity index (χ1n) is 18.4. The van der Waals surface area contributed by atoms with Crippen molar-refractivity contribution >= 4 is 21.8 Å². The number of imidazole rings is 1. The third-order valence-electron chi connectivity index (χ3n) is 10.0. The number of para-hydroxylation sites is 1. The summed E-state index contributed by atoms with van der Waals surface area (Å²) >= 11 is 0. The summed E-state index contributed by atoms with van der Waals surface area (Å²) in [6.45, 7) is 15.7. The van der Waals surface area contributed by atoms with Crippen molar-refractivity contribution in [2.45, 2.75) is 65.7 Å². The largest absolute Gasteiger partial charge is 0.510 e. The van der Waals surface area contributed by atoms with Crippen molar-refractivity contribution in [2.75, 3.05) is 0 Å². The zero-order valence-corrected chi connectivity index (χ0v) is 34.1. The smallest absolute Gasteiger partial charge is 0.267 e. The van der Waals surface area contributed by atoms with Crippen LogP contribution in [0.25, 0.3) is 50.1 Å². The maximum Gasteiger partial charge on any atom is 0.267 e. The first kappa shape index (κ1) is 37.1. The number of benzene rings is 5. The third-order valence-corrected chi connectivity index (χ3v) is 10.0. The van der Waals surface area contributed by atoms with Crippen LogP contribution in [0.15, 0.2) is 128 Å². The molecule has 0 saturated heterocycles. The van der Waals surface area contributed by atoms with Gasteiger partial charge in [-0.1, -0.05) is 103 Å². The predicted molar refractivity (Wildman–Crippen MR) is 215 cm³/mol. The van der Waals surface area contributed by atoms with E-state index in [0.29, 0.717) is 23.3 Å². The Hall–Kier alpha value is -5.25. The number of aromatic nitrogens is 4. The van der Waals surface area contributed by atoms with E-state index in [1.807, 2.05) is 52.0 Å². The SMILES string of the molecule is CC(C)c1cccc(C(C)C)c1-c1ccc(-[n+]2[c-]n(-c3[c-]c(Oc4[c-]c5c(cc4)c4ccccc4n5-c4cc(C(C)(C)C)ccn4)ccc3)cc2)cc1.[Pt]. The monoisotopic (exact) mass is 887 g/mol. The summed E-state index contributed by atoms with van der Waals surface area (Å²) in [5, 5.41) is 2.24. The number of ether oxygens (including phenoxy) is 1. The predicted octanol–water partition coefficient (Wildman–Crippen LogP) is 11.6. The second kappa shape index (κ2) is 14.9. The van der Waals surface area contributed by atoms with Crippen LogP contribution in [0.2, 0.25) is 0 Å². The molecule has 0 aliphatic heterocycles. The Bertz CT molecular complexity index is 2560. The van der Waals surface area contributed by atoms with Crippen molar-refractivity contribution in [3.63, 3.8) is 0 Å². The Morgan fingerprint density at radius 2 is 1.43 bits per heavy atom. The molecule has 0 aliphatic carbocycles. The van der Waals surface area contributed by atoms with Crippen molar-refractivity contribution in [3.05, 3.63) is 163 Å². The first-order chi connectivity index (χ1) is 25.5. The van der Waals surface area contributed by atoms with Crippen LogP contribution in [0.5, 0.6) is 11.5 Å². The molecule has 0 N–H and O–H groups in total. The Morgan fingerprint density at radius 3 is 2.15 bits per heavy atom. The fourth-order valence-electron chi connectivity index (χ4n) is 7.20. The van der Waals surface area contributed by atoms with E-state index in [4.69, 9.17) is 9.72 Å². The molecule has 5 nitrogen and oxygen atoms in total. The van der Waals surface area contributed by atoms with Crippen LogP contribution < -0.4 is 9.30 Å². The van der Waals surface area contributed by atoms with E-state index in [1.165, 1.54) is 27.8 Å². The van der Waals surface area contributed by atoms with Gasteiger partial charge in [0.2, 0.25) is 0 Å². The Kier molecular flexibility index (Phi) is 10.2. The quantitative estimate of drug-likeness (QED) is 0.113. The van der Waals surface area contributed by atoms with E-state index >= 15 is 0 Å². The maximum atomic E-state index is 6.43. The number of hydrogen-bond donors (Lipinski definition) is 0. The molecule has 8 aromatic rings. The zero-order valence-electron chi connectivity index (χ0n) is 31.8. The Morgan fingerprint density at radius 1 is 0.722 bits per heavy atom. The van der Waals surface area contributed by atoms with Crippen LogP contribution >= 0.6 is 0 Å². The maximum absolute atomic E-state index is 6.43. The van der Waals surface area contributed by atoms with E-state index < -0.39 is 0 Å². The summed E-state index contributed by atoms with van der Waals surface area (Å²) in [5.74, 6) is 2.94. The number of nitrogens with zero attached hydrogens (tertiary/aromatic N) is 4.